The van der Waals surface area contributed by atoms with Crippen LogP contribution >= 0.6 is 35.0 Å². The first-order chi connectivity index (χ1) is 13.1. The maximum absolute atomic E-state index is 6.25. The van der Waals surface area contributed by atoms with E-state index in [1.54, 1.807) is 12.4 Å². The first-order valence-electron chi connectivity index (χ1n) is 8.95. The van der Waals surface area contributed by atoms with E-state index in [9.17, 15) is 0 Å². The summed E-state index contributed by atoms with van der Waals surface area (Å²) in [7, 11) is 0. The quantitative estimate of drug-likeness (QED) is 0.343. The van der Waals surface area contributed by atoms with Crippen molar-refractivity contribution in [3.8, 4) is 0 Å². The summed E-state index contributed by atoms with van der Waals surface area (Å²) >= 11 is 14.0. The number of nitrogens with one attached hydrogen (secondary N) is 2. The number of thioether (sulfide) groups is 1. The molecule has 0 atom stereocenters. The van der Waals surface area contributed by atoms with Crippen molar-refractivity contribution in [2.24, 2.45) is 4.99 Å². The minimum absolute atomic E-state index is 0.487. The first kappa shape index (κ1) is 21.9. The number of aliphatic imine (C=N–C) groups is 1. The van der Waals surface area contributed by atoms with Gasteiger partial charge in [0.05, 0.1) is 6.54 Å². The highest BCUT2D eigenvalue weighted by atomic mass is 35.5. The van der Waals surface area contributed by atoms with Crippen LogP contribution in [0.2, 0.25) is 10.0 Å². The van der Waals surface area contributed by atoms with Gasteiger partial charge in [0.25, 0.3) is 0 Å². The second kappa shape index (κ2) is 12.1. The number of aryl methyl sites for hydroxylation is 1. The molecule has 0 aliphatic heterocycles. The summed E-state index contributed by atoms with van der Waals surface area (Å²) in [6.45, 7) is 4.94. The van der Waals surface area contributed by atoms with E-state index in [1.807, 2.05) is 23.9 Å². The normalized spacial score (nSPS) is 11.6. The van der Waals surface area contributed by atoms with Crippen LogP contribution in [0.3, 0.4) is 0 Å². The Kier molecular flexibility index (Phi) is 9.80. The Hall–Kier alpha value is -1.44. The van der Waals surface area contributed by atoms with E-state index in [4.69, 9.17) is 23.2 Å². The Balaban J connectivity index is 1.94. The van der Waals surface area contributed by atoms with E-state index in [-0.39, 0.29) is 0 Å². The molecule has 6 nitrogen and oxygen atoms in total. The van der Waals surface area contributed by atoms with Gasteiger partial charge >= 0.3 is 0 Å². The molecule has 1 heterocycles. The standard InChI is InChI=1S/C18H26Cl2N6S/c1-3-17-25-24-13-26(17)9-8-22-18(21-7-4-10-27-2)23-12-14-5-6-15(19)11-16(14)20/h5-6,11,13H,3-4,7-10,12H2,1-2H3,(H2,21,22,23). The predicted molar refractivity (Wildman–Crippen MR) is 116 cm³/mol. The minimum Gasteiger partial charge on any atom is -0.356 e. The summed E-state index contributed by atoms with van der Waals surface area (Å²) in [5.74, 6) is 2.87. The molecule has 0 spiro atoms. The van der Waals surface area contributed by atoms with Crippen molar-refractivity contribution in [2.75, 3.05) is 25.1 Å². The summed E-state index contributed by atoms with van der Waals surface area (Å²) in [5, 5.41) is 16.1. The van der Waals surface area contributed by atoms with Crippen LogP contribution in [-0.2, 0) is 19.5 Å². The van der Waals surface area contributed by atoms with Crippen molar-refractivity contribution in [3.63, 3.8) is 0 Å². The Morgan fingerprint density at radius 3 is 2.81 bits per heavy atom. The summed E-state index contributed by atoms with van der Waals surface area (Å²) in [5.41, 5.74) is 0.943. The second-order valence-corrected chi connectivity index (χ2v) is 7.72. The van der Waals surface area contributed by atoms with Crippen LogP contribution in [-0.4, -0.2) is 45.8 Å². The van der Waals surface area contributed by atoms with E-state index in [1.165, 1.54) is 0 Å². The van der Waals surface area contributed by atoms with Gasteiger partial charge in [-0.3, -0.25) is 0 Å². The lowest BCUT2D eigenvalue weighted by Gasteiger charge is -2.13. The SMILES string of the molecule is CCc1nncn1CCNC(=NCc1ccc(Cl)cc1Cl)NCCCSC. The molecule has 0 bridgehead atoms. The summed E-state index contributed by atoms with van der Waals surface area (Å²) in [6.07, 6.45) is 5.81. The molecule has 2 N–H and O–H groups in total. The highest BCUT2D eigenvalue weighted by Gasteiger charge is 2.04. The minimum atomic E-state index is 0.487. The molecule has 0 aliphatic carbocycles. The van der Waals surface area contributed by atoms with Crippen LogP contribution in [0.15, 0.2) is 29.5 Å². The molecule has 0 saturated carbocycles. The van der Waals surface area contributed by atoms with Gasteiger partial charge in [-0.15, -0.1) is 10.2 Å². The lowest BCUT2D eigenvalue weighted by molar-refractivity contribution is 0.631. The van der Waals surface area contributed by atoms with Gasteiger partial charge in [-0.25, -0.2) is 4.99 Å². The molecule has 0 saturated heterocycles. The number of benzene rings is 1. The summed E-state index contributed by atoms with van der Waals surface area (Å²) in [6, 6.07) is 5.48. The van der Waals surface area contributed by atoms with Gasteiger partial charge in [0, 0.05) is 36.1 Å². The van der Waals surface area contributed by atoms with Crippen molar-refractivity contribution < 1.29 is 0 Å². The number of guanidine groups is 1. The summed E-state index contributed by atoms with van der Waals surface area (Å²) in [4.78, 5) is 4.66. The topological polar surface area (TPSA) is 67.1 Å². The molecule has 0 amide bonds. The molecule has 0 fully saturated rings. The second-order valence-electron chi connectivity index (χ2n) is 5.89. The maximum atomic E-state index is 6.25. The lowest BCUT2D eigenvalue weighted by Crippen LogP contribution is -2.39. The zero-order valence-electron chi connectivity index (χ0n) is 15.7. The number of hydrogen-bond donors (Lipinski definition) is 2. The van der Waals surface area contributed by atoms with E-state index >= 15 is 0 Å². The highest BCUT2D eigenvalue weighted by molar-refractivity contribution is 7.98. The molecule has 0 radical (unpaired) electrons. The van der Waals surface area contributed by atoms with Crippen LogP contribution in [0.4, 0.5) is 0 Å². The molecule has 2 aromatic rings. The molecular weight excluding hydrogens is 403 g/mol. The van der Waals surface area contributed by atoms with E-state index in [0.717, 1.165) is 55.6 Å². The molecule has 0 aliphatic rings. The molecule has 1 aromatic heterocycles. The van der Waals surface area contributed by atoms with Crippen LogP contribution in [0.1, 0.15) is 24.7 Å². The van der Waals surface area contributed by atoms with E-state index < -0.39 is 0 Å². The predicted octanol–water partition coefficient (Wildman–Crippen LogP) is 3.64. The fourth-order valence-electron chi connectivity index (χ4n) is 2.45. The number of rotatable bonds is 10. The molecule has 0 unspecified atom stereocenters. The van der Waals surface area contributed by atoms with Gasteiger partial charge in [0.15, 0.2) is 5.96 Å². The highest BCUT2D eigenvalue weighted by Crippen LogP contribution is 2.21. The Labute approximate surface area is 175 Å². The average molecular weight is 429 g/mol. The Bertz CT molecular complexity index is 734. The number of hydrogen-bond acceptors (Lipinski definition) is 4. The Morgan fingerprint density at radius 1 is 1.26 bits per heavy atom. The number of nitrogens with zero attached hydrogens (tertiary/aromatic N) is 4. The maximum Gasteiger partial charge on any atom is 0.191 e. The third kappa shape index (κ3) is 7.60. The Morgan fingerprint density at radius 2 is 2.07 bits per heavy atom. The van der Waals surface area contributed by atoms with Gasteiger partial charge in [0.1, 0.15) is 12.2 Å². The van der Waals surface area contributed by atoms with Crippen LogP contribution in [0, 0.1) is 0 Å². The van der Waals surface area contributed by atoms with Crippen molar-refractivity contribution >= 4 is 40.9 Å². The molecule has 27 heavy (non-hydrogen) atoms. The van der Waals surface area contributed by atoms with Crippen molar-refractivity contribution in [3.05, 3.63) is 46.0 Å². The van der Waals surface area contributed by atoms with Gasteiger partial charge < -0.3 is 15.2 Å². The fraction of sp³-hybridized carbons (Fsp3) is 0.500. The monoisotopic (exact) mass is 428 g/mol. The van der Waals surface area contributed by atoms with Gasteiger partial charge in [0.2, 0.25) is 0 Å². The zero-order chi connectivity index (χ0) is 19.5. The van der Waals surface area contributed by atoms with Crippen molar-refractivity contribution in [1.82, 2.24) is 25.4 Å². The van der Waals surface area contributed by atoms with E-state index in [0.29, 0.717) is 16.6 Å². The molecular formula is C18H26Cl2N6S. The number of aromatic nitrogens is 3. The van der Waals surface area contributed by atoms with Crippen molar-refractivity contribution in [2.45, 2.75) is 32.9 Å². The van der Waals surface area contributed by atoms with Crippen LogP contribution in [0.25, 0.3) is 0 Å². The largest absolute Gasteiger partial charge is 0.356 e. The third-order valence-electron chi connectivity index (χ3n) is 3.90. The average Bonchev–Trinajstić information content (AvgIpc) is 3.11. The zero-order valence-corrected chi connectivity index (χ0v) is 18.0. The molecule has 2 rings (SSSR count). The van der Waals surface area contributed by atoms with Gasteiger partial charge in [-0.05, 0) is 36.1 Å². The van der Waals surface area contributed by atoms with Gasteiger partial charge in [-0.1, -0.05) is 36.2 Å². The first-order valence-corrected chi connectivity index (χ1v) is 11.1. The van der Waals surface area contributed by atoms with Crippen LogP contribution < -0.4 is 10.6 Å². The fourth-order valence-corrected chi connectivity index (χ4v) is 3.35. The van der Waals surface area contributed by atoms with Gasteiger partial charge in [-0.2, -0.15) is 11.8 Å². The molecule has 9 heteroatoms. The van der Waals surface area contributed by atoms with Crippen molar-refractivity contribution in [1.29, 1.82) is 0 Å². The smallest absolute Gasteiger partial charge is 0.191 e. The lowest BCUT2D eigenvalue weighted by atomic mass is 10.2. The summed E-state index contributed by atoms with van der Waals surface area (Å²) < 4.78 is 2.05. The molecule has 1 aromatic carbocycles. The third-order valence-corrected chi connectivity index (χ3v) is 5.18. The van der Waals surface area contributed by atoms with Crippen LogP contribution in [0.5, 0.6) is 0 Å². The number of halogens is 2. The molecule has 148 valence electrons. The van der Waals surface area contributed by atoms with E-state index in [2.05, 4.69) is 43.6 Å².